The Morgan fingerprint density at radius 3 is 2.65 bits per heavy atom. The third-order valence-corrected chi connectivity index (χ3v) is 2.27. The van der Waals surface area contributed by atoms with Crippen LogP contribution in [0.5, 0.6) is 5.88 Å². The number of nitrogens with one attached hydrogen (secondary N) is 2. The topological polar surface area (TPSA) is 117 Å². The smallest absolute Gasteiger partial charge is 0.319 e. The molecule has 3 N–H and O–H groups in total. The first-order valence-electron chi connectivity index (χ1n) is 5.78. The number of methoxy groups -OCH3 is 1. The molecule has 0 saturated carbocycles. The second-order valence-corrected chi connectivity index (χ2v) is 4.00. The number of amides is 2. The monoisotopic (exact) mass is 283 g/mol. The molecule has 0 saturated heterocycles. The van der Waals surface area contributed by atoms with E-state index in [0.717, 1.165) is 0 Å². The molecule has 20 heavy (non-hydrogen) atoms. The van der Waals surface area contributed by atoms with Crippen LogP contribution in [-0.4, -0.2) is 54.8 Å². The van der Waals surface area contributed by atoms with E-state index in [4.69, 9.17) is 9.84 Å². The number of hydrogen-bond donors (Lipinski definition) is 3. The fraction of sp³-hybridized carbons (Fsp3) is 0.455. The molecule has 0 radical (unpaired) electrons. The van der Waals surface area contributed by atoms with E-state index in [1.807, 2.05) is 0 Å². The molecule has 9 heteroatoms. The molecule has 0 spiro atoms. The van der Waals surface area contributed by atoms with Gasteiger partial charge in [-0.05, 0) is 0 Å². The Morgan fingerprint density at radius 1 is 1.40 bits per heavy atom. The number of ether oxygens (including phenoxy) is 1. The van der Waals surface area contributed by atoms with Gasteiger partial charge in [0.2, 0.25) is 5.88 Å². The molecule has 1 heterocycles. The van der Waals surface area contributed by atoms with Gasteiger partial charge in [-0.15, -0.1) is 0 Å². The number of hydrogen-bond acceptors (Lipinski definition) is 6. The van der Waals surface area contributed by atoms with Crippen molar-refractivity contribution in [3.8, 4) is 5.88 Å². The largest absolute Gasteiger partial charge is 0.481 e. The van der Waals surface area contributed by atoms with Crippen LogP contribution in [0, 0.1) is 0 Å². The van der Waals surface area contributed by atoms with E-state index < -0.39 is 12.0 Å². The van der Waals surface area contributed by atoms with Crippen molar-refractivity contribution in [2.24, 2.45) is 0 Å². The summed E-state index contributed by atoms with van der Waals surface area (Å²) >= 11 is 0. The van der Waals surface area contributed by atoms with Gasteiger partial charge in [0.1, 0.15) is 12.0 Å². The van der Waals surface area contributed by atoms with Crippen LogP contribution in [0.25, 0.3) is 0 Å². The molecule has 1 aromatic rings. The second-order valence-electron chi connectivity index (χ2n) is 4.00. The number of carbonyl (C=O) groups is 2. The van der Waals surface area contributed by atoms with Crippen molar-refractivity contribution in [1.82, 2.24) is 15.3 Å². The van der Waals surface area contributed by atoms with Gasteiger partial charge < -0.3 is 25.4 Å². The summed E-state index contributed by atoms with van der Waals surface area (Å²) in [7, 11) is 4.94. The molecule has 1 aromatic heterocycles. The highest BCUT2D eigenvalue weighted by Crippen LogP contribution is 2.29. The molecule has 0 atom stereocenters. The summed E-state index contributed by atoms with van der Waals surface area (Å²) in [6.07, 6.45) is 1.16. The molecule has 1 rings (SSSR count). The van der Waals surface area contributed by atoms with Gasteiger partial charge in [0.15, 0.2) is 5.82 Å². The molecule has 9 nitrogen and oxygen atoms in total. The minimum absolute atomic E-state index is 0.0223. The quantitative estimate of drug-likeness (QED) is 0.680. The maximum atomic E-state index is 11.7. The predicted molar refractivity (Wildman–Crippen MR) is 72.2 cm³/mol. The van der Waals surface area contributed by atoms with Crippen LogP contribution in [0.3, 0.4) is 0 Å². The van der Waals surface area contributed by atoms with Gasteiger partial charge >= 0.3 is 12.0 Å². The van der Waals surface area contributed by atoms with Crippen LogP contribution >= 0.6 is 0 Å². The van der Waals surface area contributed by atoms with Crippen molar-refractivity contribution in [1.29, 1.82) is 0 Å². The Hall–Kier alpha value is -2.58. The summed E-state index contributed by atoms with van der Waals surface area (Å²) in [4.78, 5) is 31.7. The SMILES string of the molecule is COc1ncnc(N(C)C)c1NC(=O)NCCC(=O)O. The number of carboxylic acid groups (broad SMARTS) is 1. The first kappa shape index (κ1) is 15.5. The molecule has 0 aliphatic heterocycles. The van der Waals surface area contributed by atoms with E-state index >= 15 is 0 Å². The van der Waals surface area contributed by atoms with Crippen molar-refractivity contribution in [2.45, 2.75) is 6.42 Å². The summed E-state index contributed by atoms with van der Waals surface area (Å²) in [6, 6.07) is -0.553. The molecule has 0 unspecified atom stereocenters. The van der Waals surface area contributed by atoms with Gasteiger partial charge in [0, 0.05) is 20.6 Å². The maximum Gasteiger partial charge on any atom is 0.319 e. The summed E-state index contributed by atoms with van der Waals surface area (Å²) in [5, 5.41) is 13.5. The molecule has 0 bridgehead atoms. The van der Waals surface area contributed by atoms with Gasteiger partial charge in [0.05, 0.1) is 13.5 Å². The lowest BCUT2D eigenvalue weighted by Crippen LogP contribution is -2.31. The van der Waals surface area contributed by atoms with Gasteiger partial charge in [-0.25, -0.2) is 9.78 Å². The van der Waals surface area contributed by atoms with Crippen molar-refractivity contribution in [2.75, 3.05) is 38.0 Å². The molecule has 0 fully saturated rings. The van der Waals surface area contributed by atoms with Crippen LogP contribution in [-0.2, 0) is 4.79 Å². The third kappa shape index (κ3) is 4.26. The van der Waals surface area contributed by atoms with Crippen LogP contribution in [0.15, 0.2) is 6.33 Å². The zero-order valence-electron chi connectivity index (χ0n) is 11.5. The fourth-order valence-electron chi connectivity index (χ4n) is 1.40. The number of urea groups is 1. The standard InChI is InChI=1S/C11H17N5O4/c1-16(2)9-8(10(20-3)14-6-13-9)15-11(19)12-5-4-7(17)18/h6H,4-5H2,1-3H3,(H,17,18)(H2,12,15,19). The molecule has 110 valence electrons. The average molecular weight is 283 g/mol. The highest BCUT2D eigenvalue weighted by molar-refractivity contribution is 5.94. The highest BCUT2D eigenvalue weighted by Gasteiger charge is 2.16. The average Bonchev–Trinajstić information content (AvgIpc) is 2.38. The van der Waals surface area contributed by atoms with Crippen molar-refractivity contribution in [3.05, 3.63) is 6.33 Å². The van der Waals surface area contributed by atoms with Gasteiger partial charge in [-0.2, -0.15) is 4.98 Å². The summed E-state index contributed by atoms with van der Waals surface area (Å²) < 4.78 is 5.07. The number of carboxylic acids is 1. The van der Waals surface area contributed by atoms with Crippen LogP contribution < -0.4 is 20.3 Å². The van der Waals surface area contributed by atoms with E-state index in [-0.39, 0.29) is 18.8 Å². The van der Waals surface area contributed by atoms with E-state index in [9.17, 15) is 9.59 Å². The molecule has 0 aliphatic rings. The van der Waals surface area contributed by atoms with E-state index in [0.29, 0.717) is 11.5 Å². The Morgan fingerprint density at radius 2 is 2.10 bits per heavy atom. The Balaban J connectivity index is 2.79. The van der Waals surface area contributed by atoms with E-state index in [1.54, 1.807) is 19.0 Å². The number of aromatic nitrogens is 2. The lowest BCUT2D eigenvalue weighted by molar-refractivity contribution is -0.136. The summed E-state index contributed by atoms with van der Waals surface area (Å²) in [5.41, 5.74) is 0.313. The van der Waals surface area contributed by atoms with Crippen molar-refractivity contribution < 1.29 is 19.4 Å². The van der Waals surface area contributed by atoms with Crippen molar-refractivity contribution >= 4 is 23.5 Å². The minimum atomic E-state index is -0.986. The Bertz CT molecular complexity index is 492. The minimum Gasteiger partial charge on any atom is -0.481 e. The van der Waals surface area contributed by atoms with Crippen molar-refractivity contribution in [3.63, 3.8) is 0 Å². The van der Waals surface area contributed by atoms with Gasteiger partial charge in [-0.1, -0.05) is 0 Å². The number of nitrogens with zero attached hydrogens (tertiary/aromatic N) is 3. The third-order valence-electron chi connectivity index (χ3n) is 2.27. The zero-order valence-corrected chi connectivity index (χ0v) is 11.5. The van der Waals surface area contributed by atoms with Gasteiger partial charge in [-0.3, -0.25) is 4.79 Å². The van der Waals surface area contributed by atoms with Crippen LogP contribution in [0.2, 0.25) is 0 Å². The zero-order chi connectivity index (χ0) is 15.1. The van der Waals surface area contributed by atoms with Crippen LogP contribution in [0.4, 0.5) is 16.3 Å². The number of anilines is 2. The van der Waals surface area contributed by atoms with E-state index in [2.05, 4.69) is 20.6 Å². The first-order chi connectivity index (χ1) is 9.45. The summed E-state index contributed by atoms with van der Waals surface area (Å²) in [5.74, 6) is -0.290. The maximum absolute atomic E-state index is 11.7. The lowest BCUT2D eigenvalue weighted by atomic mass is 10.4. The van der Waals surface area contributed by atoms with E-state index in [1.165, 1.54) is 13.4 Å². The molecule has 2 amide bonds. The number of carbonyl (C=O) groups excluding carboxylic acids is 1. The van der Waals surface area contributed by atoms with Gasteiger partial charge in [0.25, 0.3) is 0 Å². The molecular weight excluding hydrogens is 266 g/mol. The number of aliphatic carboxylic acids is 1. The first-order valence-corrected chi connectivity index (χ1v) is 5.78. The predicted octanol–water partition coefficient (Wildman–Crippen LogP) is 0.147. The highest BCUT2D eigenvalue weighted by atomic mass is 16.5. The number of rotatable bonds is 6. The Kier molecular flexibility index (Phi) is 5.51. The lowest BCUT2D eigenvalue weighted by Gasteiger charge is -2.18. The normalized spacial score (nSPS) is 9.75. The molecular formula is C11H17N5O4. The molecule has 0 aliphatic carbocycles. The fourth-order valence-corrected chi connectivity index (χ4v) is 1.40. The second kappa shape index (κ2) is 7.12. The Labute approximate surface area is 116 Å². The molecule has 0 aromatic carbocycles. The summed E-state index contributed by atoms with van der Waals surface area (Å²) in [6.45, 7) is 0.0223. The van der Waals surface area contributed by atoms with Crippen LogP contribution in [0.1, 0.15) is 6.42 Å².